The lowest BCUT2D eigenvalue weighted by Gasteiger charge is -2.05. The molecule has 1 N–H and O–H groups in total. The zero-order valence-corrected chi connectivity index (χ0v) is 8.20. The summed E-state index contributed by atoms with van der Waals surface area (Å²) in [6.07, 6.45) is 1.42. The summed E-state index contributed by atoms with van der Waals surface area (Å²) in [7, 11) is 0. The molecule has 0 bridgehead atoms. The van der Waals surface area contributed by atoms with Crippen LogP contribution in [0.2, 0.25) is 0 Å². The second-order valence-corrected chi connectivity index (χ2v) is 2.85. The predicted molar refractivity (Wildman–Crippen MR) is 54.2 cm³/mol. The molecule has 0 heterocycles. The molecule has 15 heavy (non-hydrogen) atoms. The summed E-state index contributed by atoms with van der Waals surface area (Å²) in [5, 5.41) is 8.58. The summed E-state index contributed by atoms with van der Waals surface area (Å²) in [5.74, 6) is 0.160. The third-order valence-electron chi connectivity index (χ3n) is 1.77. The number of halogens is 2. The third kappa shape index (κ3) is 5.37. The Morgan fingerprint density at radius 2 is 1.80 bits per heavy atom. The highest BCUT2D eigenvalue weighted by atomic mass is 19.3. The van der Waals surface area contributed by atoms with Gasteiger partial charge < -0.3 is 9.84 Å². The Labute approximate surface area is 89.5 Å². The SMILES string of the molecule is OCCCc1ccc(OC(F)F)cc1.[B]. The molecule has 1 aromatic rings. The van der Waals surface area contributed by atoms with Gasteiger partial charge in [-0.1, -0.05) is 12.1 Å². The van der Waals surface area contributed by atoms with E-state index in [0.717, 1.165) is 12.0 Å². The van der Waals surface area contributed by atoms with E-state index < -0.39 is 6.61 Å². The highest BCUT2D eigenvalue weighted by Crippen LogP contribution is 2.15. The van der Waals surface area contributed by atoms with E-state index in [9.17, 15) is 8.78 Å². The molecule has 0 aliphatic rings. The van der Waals surface area contributed by atoms with E-state index in [-0.39, 0.29) is 20.8 Å². The molecule has 0 amide bonds. The maximum Gasteiger partial charge on any atom is 0.387 e. The van der Waals surface area contributed by atoms with Crippen LogP contribution in [0.15, 0.2) is 24.3 Å². The summed E-state index contributed by atoms with van der Waals surface area (Å²) in [6.45, 7) is -2.65. The minimum absolute atomic E-state index is 0. The molecule has 0 unspecified atom stereocenters. The van der Waals surface area contributed by atoms with Gasteiger partial charge in [-0.2, -0.15) is 8.78 Å². The normalized spacial score (nSPS) is 9.87. The maximum atomic E-state index is 11.8. The summed E-state index contributed by atoms with van der Waals surface area (Å²) in [6, 6.07) is 6.43. The molecule has 0 aliphatic heterocycles. The van der Waals surface area contributed by atoms with Crippen LogP contribution in [0, 0.1) is 0 Å². The van der Waals surface area contributed by atoms with Crippen LogP contribution in [-0.4, -0.2) is 26.7 Å². The zero-order chi connectivity index (χ0) is 10.4. The molecule has 0 fully saturated rings. The third-order valence-corrected chi connectivity index (χ3v) is 1.77. The second kappa shape index (κ2) is 7.23. The first kappa shape index (κ1) is 13.9. The van der Waals surface area contributed by atoms with E-state index in [1.165, 1.54) is 12.1 Å². The second-order valence-electron chi connectivity index (χ2n) is 2.85. The number of aliphatic hydroxyl groups is 1. The standard InChI is InChI=1S/C10H12F2O2.B/c11-10(12)14-9-5-3-8(4-6-9)2-1-7-13;/h3-6,10,13H,1-2,7H2;. The van der Waals surface area contributed by atoms with Crippen LogP contribution in [0.1, 0.15) is 12.0 Å². The van der Waals surface area contributed by atoms with E-state index >= 15 is 0 Å². The molecule has 0 atom stereocenters. The topological polar surface area (TPSA) is 29.5 Å². The van der Waals surface area contributed by atoms with Crippen molar-refractivity contribution in [2.24, 2.45) is 0 Å². The Kier molecular flexibility index (Phi) is 6.70. The van der Waals surface area contributed by atoms with Crippen LogP contribution in [0.3, 0.4) is 0 Å². The molecule has 2 nitrogen and oxygen atoms in total. The fraction of sp³-hybridized carbons (Fsp3) is 0.400. The first-order chi connectivity index (χ1) is 6.72. The molecule has 1 aromatic carbocycles. The molecule has 1 rings (SSSR count). The van der Waals surface area contributed by atoms with Crippen LogP contribution < -0.4 is 4.74 Å². The molecule has 0 spiro atoms. The van der Waals surface area contributed by atoms with Crippen molar-refractivity contribution < 1.29 is 18.6 Å². The van der Waals surface area contributed by atoms with Crippen molar-refractivity contribution in [1.82, 2.24) is 0 Å². The highest BCUT2D eigenvalue weighted by Gasteiger charge is 2.03. The smallest absolute Gasteiger partial charge is 0.387 e. The Balaban J connectivity index is 0.00000196. The van der Waals surface area contributed by atoms with Gasteiger partial charge in [0.25, 0.3) is 0 Å². The van der Waals surface area contributed by atoms with Crippen LogP contribution in [0.5, 0.6) is 5.75 Å². The number of hydrogen-bond donors (Lipinski definition) is 1. The van der Waals surface area contributed by atoms with Crippen molar-refractivity contribution in [1.29, 1.82) is 0 Å². The van der Waals surface area contributed by atoms with E-state index in [2.05, 4.69) is 4.74 Å². The summed E-state index contributed by atoms with van der Waals surface area (Å²) >= 11 is 0. The number of rotatable bonds is 5. The van der Waals surface area contributed by atoms with Gasteiger partial charge in [-0.3, -0.25) is 0 Å². The molecule has 0 saturated carbocycles. The molecular weight excluding hydrogens is 201 g/mol. The molecule has 0 aliphatic carbocycles. The number of benzene rings is 1. The Morgan fingerprint density at radius 1 is 1.20 bits per heavy atom. The number of ether oxygens (including phenoxy) is 1. The highest BCUT2D eigenvalue weighted by molar-refractivity contribution is 5.75. The molecule has 81 valence electrons. The number of aliphatic hydroxyl groups excluding tert-OH is 1. The minimum atomic E-state index is -2.78. The zero-order valence-electron chi connectivity index (χ0n) is 8.20. The van der Waals surface area contributed by atoms with E-state index in [0.29, 0.717) is 6.42 Å². The Hall–Kier alpha value is -1.10. The average Bonchev–Trinajstić information content (AvgIpc) is 2.16. The molecule has 0 aromatic heterocycles. The maximum absolute atomic E-state index is 11.8. The van der Waals surface area contributed by atoms with Gasteiger partial charge in [-0.05, 0) is 30.5 Å². The fourth-order valence-electron chi connectivity index (χ4n) is 1.12. The van der Waals surface area contributed by atoms with Crippen molar-refractivity contribution >= 4 is 8.41 Å². The van der Waals surface area contributed by atoms with E-state index in [1.54, 1.807) is 12.1 Å². The van der Waals surface area contributed by atoms with Crippen LogP contribution >= 0.6 is 0 Å². The van der Waals surface area contributed by atoms with Crippen LogP contribution in [0.4, 0.5) is 8.78 Å². The van der Waals surface area contributed by atoms with E-state index in [1.807, 2.05) is 0 Å². The van der Waals surface area contributed by atoms with Gasteiger partial charge in [0.15, 0.2) is 0 Å². The van der Waals surface area contributed by atoms with E-state index in [4.69, 9.17) is 5.11 Å². The lowest BCUT2D eigenvalue weighted by molar-refractivity contribution is -0.0498. The lowest BCUT2D eigenvalue weighted by Crippen LogP contribution is -2.01. The first-order valence-corrected chi connectivity index (χ1v) is 4.37. The predicted octanol–water partition coefficient (Wildman–Crippen LogP) is 1.83. The average molecular weight is 213 g/mol. The quantitative estimate of drug-likeness (QED) is 0.756. The minimum Gasteiger partial charge on any atom is -0.435 e. The fourth-order valence-corrected chi connectivity index (χ4v) is 1.12. The van der Waals surface area contributed by atoms with Gasteiger partial charge in [0.2, 0.25) is 0 Å². The molecular formula is C10H12BF2O2. The monoisotopic (exact) mass is 213 g/mol. The van der Waals surface area contributed by atoms with Gasteiger partial charge in [0.1, 0.15) is 5.75 Å². The van der Waals surface area contributed by atoms with Crippen molar-refractivity contribution in [3.63, 3.8) is 0 Å². The molecule has 0 saturated heterocycles. The van der Waals surface area contributed by atoms with Crippen molar-refractivity contribution in [2.45, 2.75) is 19.5 Å². The lowest BCUT2D eigenvalue weighted by atomic mass is 10.1. The summed E-state index contributed by atoms with van der Waals surface area (Å²) < 4.78 is 27.7. The summed E-state index contributed by atoms with van der Waals surface area (Å²) in [4.78, 5) is 0. The largest absolute Gasteiger partial charge is 0.435 e. The van der Waals surface area contributed by atoms with Gasteiger partial charge >= 0.3 is 6.61 Å². The number of hydrogen-bond acceptors (Lipinski definition) is 2. The summed E-state index contributed by atoms with van der Waals surface area (Å²) in [5.41, 5.74) is 1.00. The van der Waals surface area contributed by atoms with Gasteiger partial charge in [-0.25, -0.2) is 0 Å². The molecule has 3 radical (unpaired) electrons. The van der Waals surface area contributed by atoms with Gasteiger partial charge in [-0.15, -0.1) is 0 Å². The van der Waals surface area contributed by atoms with Crippen molar-refractivity contribution in [2.75, 3.05) is 6.61 Å². The van der Waals surface area contributed by atoms with Crippen molar-refractivity contribution in [3.05, 3.63) is 29.8 Å². The van der Waals surface area contributed by atoms with Gasteiger partial charge in [0.05, 0.1) is 0 Å². The van der Waals surface area contributed by atoms with Gasteiger partial charge in [0, 0.05) is 15.0 Å². The Morgan fingerprint density at radius 3 is 2.27 bits per heavy atom. The van der Waals surface area contributed by atoms with Crippen LogP contribution in [0.25, 0.3) is 0 Å². The molecule has 5 heteroatoms. The number of aryl methyl sites for hydroxylation is 1. The number of alkyl halides is 2. The van der Waals surface area contributed by atoms with Crippen LogP contribution in [-0.2, 0) is 6.42 Å². The Bertz CT molecular complexity index is 265. The van der Waals surface area contributed by atoms with Crippen molar-refractivity contribution in [3.8, 4) is 5.75 Å². The first-order valence-electron chi connectivity index (χ1n) is 4.37.